The van der Waals surface area contributed by atoms with Crippen LogP contribution in [0.5, 0.6) is 0 Å². The summed E-state index contributed by atoms with van der Waals surface area (Å²) < 4.78 is 25.0. The molecule has 128 valence electrons. The number of aromatic nitrogens is 3. The van der Waals surface area contributed by atoms with Crippen LogP contribution >= 0.6 is 0 Å². The summed E-state index contributed by atoms with van der Waals surface area (Å²) in [5.41, 5.74) is 1.76. The topological polar surface area (TPSA) is 88.1 Å². The van der Waals surface area contributed by atoms with Crippen LogP contribution in [0.3, 0.4) is 0 Å². The first-order valence-corrected chi connectivity index (χ1v) is 9.74. The number of hydrogen-bond donors (Lipinski definition) is 1. The molecular weight excluding hydrogens is 326 g/mol. The van der Waals surface area contributed by atoms with Crippen LogP contribution in [-0.4, -0.2) is 47.0 Å². The van der Waals surface area contributed by atoms with Gasteiger partial charge in [-0.05, 0) is 25.5 Å². The van der Waals surface area contributed by atoms with Crippen molar-refractivity contribution >= 4 is 15.8 Å². The molecule has 1 fully saturated rings. The van der Waals surface area contributed by atoms with Gasteiger partial charge in [0, 0.05) is 37.5 Å². The van der Waals surface area contributed by atoms with Crippen molar-refractivity contribution in [3.05, 3.63) is 47.7 Å². The van der Waals surface area contributed by atoms with E-state index in [2.05, 4.69) is 20.3 Å². The van der Waals surface area contributed by atoms with E-state index in [1.807, 2.05) is 31.2 Å². The second-order valence-corrected chi connectivity index (χ2v) is 7.84. The van der Waals surface area contributed by atoms with Crippen molar-refractivity contribution in [2.45, 2.75) is 25.8 Å². The number of hydrogen-bond acceptors (Lipinski definition) is 6. The van der Waals surface area contributed by atoms with Gasteiger partial charge in [0.1, 0.15) is 11.6 Å². The molecule has 1 atom stereocenters. The summed E-state index contributed by atoms with van der Waals surface area (Å²) in [4.78, 5) is 13.1. The number of nitrogens with zero attached hydrogens (tertiary/aromatic N) is 4. The van der Waals surface area contributed by atoms with E-state index in [1.54, 1.807) is 6.20 Å². The molecular formula is C16H21N5O2S. The molecule has 1 aliphatic heterocycles. The zero-order valence-electron chi connectivity index (χ0n) is 13.8. The maximum atomic E-state index is 11.8. The van der Waals surface area contributed by atoms with Gasteiger partial charge in [-0.25, -0.2) is 18.4 Å². The van der Waals surface area contributed by atoms with E-state index in [0.717, 1.165) is 24.2 Å². The molecule has 0 radical (unpaired) electrons. The summed E-state index contributed by atoms with van der Waals surface area (Å²) in [7, 11) is -3.20. The summed E-state index contributed by atoms with van der Waals surface area (Å²) in [5.74, 6) is 1.35. The van der Waals surface area contributed by atoms with Crippen LogP contribution < -0.4 is 5.32 Å². The molecule has 2 aromatic rings. The third-order valence-corrected chi connectivity index (χ3v) is 5.30. The predicted molar refractivity (Wildman–Crippen MR) is 92.1 cm³/mol. The Kier molecular flexibility index (Phi) is 4.77. The molecule has 0 amide bonds. The fraction of sp³-hybridized carbons (Fsp3) is 0.438. The van der Waals surface area contributed by atoms with Gasteiger partial charge in [0.05, 0.1) is 18.0 Å². The summed E-state index contributed by atoms with van der Waals surface area (Å²) >= 11 is 0. The number of pyridine rings is 1. The van der Waals surface area contributed by atoms with E-state index < -0.39 is 10.0 Å². The maximum absolute atomic E-state index is 11.8. The normalized spacial score (nSPS) is 18.2. The van der Waals surface area contributed by atoms with Gasteiger partial charge in [0.2, 0.25) is 10.0 Å². The van der Waals surface area contributed by atoms with E-state index >= 15 is 0 Å². The molecule has 0 saturated carbocycles. The molecule has 0 aromatic carbocycles. The molecule has 1 unspecified atom stereocenters. The van der Waals surface area contributed by atoms with Gasteiger partial charge in [-0.2, -0.15) is 4.31 Å². The molecule has 1 aliphatic rings. The Hall–Kier alpha value is -2.06. The quantitative estimate of drug-likeness (QED) is 0.853. The standard InChI is InChI=1S/C16H21N5O2S/c1-12-19-14(15-7-10-21(15)24(2,22)23)11-16(20-12)18-9-6-13-5-3-4-8-17-13/h3-5,8,11,15H,6-7,9-10H2,1-2H3,(H,18,19,20). The molecule has 1 saturated heterocycles. The number of nitrogens with one attached hydrogen (secondary N) is 1. The van der Waals surface area contributed by atoms with Crippen LogP contribution in [0.1, 0.15) is 29.7 Å². The van der Waals surface area contributed by atoms with Crippen molar-refractivity contribution in [1.29, 1.82) is 0 Å². The number of sulfonamides is 1. The Morgan fingerprint density at radius 3 is 2.79 bits per heavy atom. The largest absolute Gasteiger partial charge is 0.370 e. The summed E-state index contributed by atoms with van der Waals surface area (Å²) in [6.07, 6.45) is 4.59. The third-order valence-electron chi connectivity index (χ3n) is 4.01. The molecule has 8 heteroatoms. The lowest BCUT2D eigenvalue weighted by Crippen LogP contribution is -2.44. The molecule has 3 rings (SSSR count). The van der Waals surface area contributed by atoms with Gasteiger partial charge in [0.15, 0.2) is 0 Å². The number of rotatable bonds is 6. The zero-order valence-corrected chi connectivity index (χ0v) is 14.6. The van der Waals surface area contributed by atoms with E-state index in [1.165, 1.54) is 10.6 Å². The maximum Gasteiger partial charge on any atom is 0.211 e. The van der Waals surface area contributed by atoms with Crippen molar-refractivity contribution in [2.24, 2.45) is 0 Å². The van der Waals surface area contributed by atoms with Crippen LogP contribution in [0.15, 0.2) is 30.5 Å². The first-order chi connectivity index (χ1) is 11.4. The van der Waals surface area contributed by atoms with Gasteiger partial charge < -0.3 is 5.32 Å². The highest BCUT2D eigenvalue weighted by molar-refractivity contribution is 7.88. The van der Waals surface area contributed by atoms with Gasteiger partial charge in [-0.1, -0.05) is 6.07 Å². The van der Waals surface area contributed by atoms with Gasteiger partial charge in [-0.3, -0.25) is 4.98 Å². The first-order valence-electron chi connectivity index (χ1n) is 7.89. The van der Waals surface area contributed by atoms with Crippen molar-refractivity contribution in [3.63, 3.8) is 0 Å². The van der Waals surface area contributed by atoms with Gasteiger partial charge in [0.25, 0.3) is 0 Å². The second kappa shape index (κ2) is 6.82. The van der Waals surface area contributed by atoms with Crippen molar-refractivity contribution in [1.82, 2.24) is 19.3 Å². The molecule has 24 heavy (non-hydrogen) atoms. The van der Waals surface area contributed by atoms with E-state index in [-0.39, 0.29) is 6.04 Å². The molecule has 0 bridgehead atoms. The highest BCUT2D eigenvalue weighted by Crippen LogP contribution is 2.34. The molecule has 0 spiro atoms. The Morgan fingerprint density at radius 1 is 1.33 bits per heavy atom. The van der Waals surface area contributed by atoms with Crippen LogP contribution in [0.2, 0.25) is 0 Å². The first kappa shape index (κ1) is 16.8. The van der Waals surface area contributed by atoms with Crippen LogP contribution in [0.25, 0.3) is 0 Å². The predicted octanol–water partition coefficient (Wildman–Crippen LogP) is 1.54. The Morgan fingerprint density at radius 2 is 2.17 bits per heavy atom. The summed E-state index contributed by atoms with van der Waals surface area (Å²) in [6.45, 7) is 3.07. The van der Waals surface area contributed by atoms with Crippen LogP contribution in [0, 0.1) is 6.92 Å². The smallest absolute Gasteiger partial charge is 0.211 e. The monoisotopic (exact) mass is 347 g/mol. The summed E-state index contributed by atoms with van der Waals surface area (Å²) in [5, 5.41) is 3.27. The minimum Gasteiger partial charge on any atom is -0.370 e. The second-order valence-electron chi connectivity index (χ2n) is 5.90. The van der Waals surface area contributed by atoms with E-state index in [9.17, 15) is 8.42 Å². The minimum atomic E-state index is -3.20. The average Bonchev–Trinajstić information content (AvgIpc) is 2.45. The zero-order chi connectivity index (χ0) is 17.2. The SMILES string of the molecule is Cc1nc(NCCc2ccccn2)cc(C2CCN2S(C)(=O)=O)n1. The van der Waals surface area contributed by atoms with Crippen molar-refractivity contribution < 1.29 is 8.42 Å². The van der Waals surface area contributed by atoms with Crippen LogP contribution in [0.4, 0.5) is 5.82 Å². The molecule has 3 heterocycles. The lowest BCUT2D eigenvalue weighted by molar-refractivity contribution is 0.199. The minimum absolute atomic E-state index is 0.182. The molecule has 1 N–H and O–H groups in total. The Labute approximate surface area is 142 Å². The highest BCUT2D eigenvalue weighted by atomic mass is 32.2. The Balaban J connectivity index is 1.68. The van der Waals surface area contributed by atoms with E-state index in [0.29, 0.717) is 24.7 Å². The van der Waals surface area contributed by atoms with Crippen LogP contribution in [-0.2, 0) is 16.4 Å². The number of anilines is 1. The number of aryl methyl sites for hydroxylation is 1. The highest BCUT2D eigenvalue weighted by Gasteiger charge is 2.37. The molecule has 2 aromatic heterocycles. The van der Waals surface area contributed by atoms with Gasteiger partial charge in [-0.15, -0.1) is 0 Å². The fourth-order valence-corrected chi connectivity index (χ4v) is 3.89. The average molecular weight is 347 g/mol. The van der Waals surface area contributed by atoms with Crippen molar-refractivity contribution in [3.8, 4) is 0 Å². The molecule has 7 nitrogen and oxygen atoms in total. The fourth-order valence-electron chi connectivity index (χ4n) is 2.77. The Bertz CT molecular complexity index is 810. The molecule has 0 aliphatic carbocycles. The third kappa shape index (κ3) is 3.88. The van der Waals surface area contributed by atoms with Gasteiger partial charge >= 0.3 is 0 Å². The van der Waals surface area contributed by atoms with Crippen molar-refractivity contribution in [2.75, 3.05) is 24.7 Å². The lowest BCUT2D eigenvalue weighted by atomic mass is 10.0. The lowest BCUT2D eigenvalue weighted by Gasteiger charge is -2.38. The van der Waals surface area contributed by atoms with E-state index in [4.69, 9.17) is 0 Å². The summed E-state index contributed by atoms with van der Waals surface area (Å²) in [6, 6.07) is 7.50.